The average Bonchev–Trinajstić information content (AvgIpc) is 3.16. The Balaban J connectivity index is 1.79. The number of hydrogen-bond acceptors (Lipinski definition) is 6. The number of benzene rings is 1. The normalized spacial score (nSPS) is 16.3. The number of amides is 1. The molecule has 1 aromatic carbocycles. The summed E-state index contributed by atoms with van der Waals surface area (Å²) in [5.41, 5.74) is 0.752. The van der Waals surface area contributed by atoms with Crippen molar-refractivity contribution >= 4 is 23.0 Å². The Morgan fingerprint density at radius 1 is 1.11 bits per heavy atom. The third kappa shape index (κ3) is 7.13. The first-order valence-corrected chi connectivity index (χ1v) is 12.7. The van der Waals surface area contributed by atoms with Gasteiger partial charge in [0.15, 0.2) is 0 Å². The highest BCUT2D eigenvalue weighted by molar-refractivity contribution is 5.96. The third-order valence-corrected chi connectivity index (χ3v) is 6.19. The maximum atomic E-state index is 12.8. The largest absolute Gasteiger partial charge is 0.490 e. The zero-order chi connectivity index (χ0) is 25.8. The minimum atomic E-state index is -0.578. The molecule has 1 aliphatic heterocycles. The van der Waals surface area contributed by atoms with E-state index >= 15 is 0 Å². The molecule has 0 bridgehead atoms. The molecule has 1 amide bonds. The Morgan fingerprint density at radius 3 is 2.40 bits per heavy atom. The number of likely N-dealkylation sites (tertiary alicyclic amines) is 1. The van der Waals surface area contributed by atoms with E-state index in [-0.39, 0.29) is 18.8 Å². The summed E-state index contributed by atoms with van der Waals surface area (Å²) in [4.78, 5) is 27.4. The number of nitrogens with zero attached hydrogens (tertiary/aromatic N) is 2. The number of carbonyl (C=O) groups is 2. The molecule has 194 valence electrons. The van der Waals surface area contributed by atoms with E-state index in [2.05, 4.69) is 24.1 Å². The van der Waals surface area contributed by atoms with E-state index in [4.69, 9.17) is 14.2 Å². The van der Waals surface area contributed by atoms with Gasteiger partial charge in [-0.15, -0.1) is 0 Å². The maximum absolute atomic E-state index is 12.8. The minimum Gasteiger partial charge on any atom is -0.490 e. The Labute approximate surface area is 208 Å². The molecule has 0 spiro atoms. The van der Waals surface area contributed by atoms with Crippen LogP contribution in [0.3, 0.4) is 0 Å². The summed E-state index contributed by atoms with van der Waals surface area (Å²) in [7, 11) is 0. The number of rotatable bonds is 8. The molecule has 0 saturated carbocycles. The molecule has 8 nitrogen and oxygen atoms in total. The Morgan fingerprint density at radius 2 is 1.80 bits per heavy atom. The van der Waals surface area contributed by atoms with Crippen molar-refractivity contribution in [3.63, 3.8) is 0 Å². The van der Waals surface area contributed by atoms with Crippen LogP contribution in [0, 0.1) is 0 Å². The zero-order valence-corrected chi connectivity index (χ0v) is 22.2. The number of piperidine rings is 1. The first-order valence-electron chi connectivity index (χ1n) is 12.7. The lowest BCUT2D eigenvalue weighted by atomic mass is 10.1. The molecule has 0 radical (unpaired) electrons. The topological polar surface area (TPSA) is 82.0 Å². The summed E-state index contributed by atoms with van der Waals surface area (Å²) in [5.74, 6) is 0.406. The number of nitrogens with one attached hydrogen (secondary N) is 1. The van der Waals surface area contributed by atoms with Crippen LogP contribution in [0.15, 0.2) is 24.3 Å². The summed E-state index contributed by atoms with van der Waals surface area (Å²) in [5, 5.41) is 3.70. The van der Waals surface area contributed by atoms with Gasteiger partial charge in [0.2, 0.25) is 0 Å². The second-order valence-electron chi connectivity index (χ2n) is 10.5. The maximum Gasteiger partial charge on any atom is 0.407 e. The van der Waals surface area contributed by atoms with E-state index in [1.54, 1.807) is 6.92 Å². The van der Waals surface area contributed by atoms with Gasteiger partial charge in [-0.3, -0.25) is 0 Å². The van der Waals surface area contributed by atoms with Gasteiger partial charge in [-0.2, -0.15) is 0 Å². The number of fused-ring (bicyclic) bond motifs is 1. The zero-order valence-electron chi connectivity index (χ0n) is 22.2. The number of hydrogen-bond donors (Lipinski definition) is 1. The van der Waals surface area contributed by atoms with Gasteiger partial charge in [-0.05, 0) is 85.6 Å². The summed E-state index contributed by atoms with van der Waals surface area (Å²) in [6, 6.07) is 8.10. The molecule has 2 heterocycles. The second-order valence-corrected chi connectivity index (χ2v) is 10.5. The van der Waals surface area contributed by atoms with Crippen molar-refractivity contribution in [1.29, 1.82) is 0 Å². The molecular weight excluding hydrogens is 446 g/mol. The summed E-state index contributed by atoms with van der Waals surface area (Å²) in [6.45, 7) is 16.3. The van der Waals surface area contributed by atoms with E-state index in [1.165, 1.54) is 0 Å². The van der Waals surface area contributed by atoms with Gasteiger partial charge in [0.25, 0.3) is 0 Å². The van der Waals surface area contributed by atoms with Crippen LogP contribution in [0.2, 0.25) is 0 Å². The van der Waals surface area contributed by atoms with E-state index in [0.717, 1.165) is 42.6 Å². The Bertz CT molecular complexity index is 1020. The molecule has 3 rings (SSSR count). The van der Waals surface area contributed by atoms with Crippen LogP contribution in [0.5, 0.6) is 5.75 Å². The highest BCUT2D eigenvalue weighted by Gasteiger charge is 2.24. The van der Waals surface area contributed by atoms with E-state index in [9.17, 15) is 9.59 Å². The van der Waals surface area contributed by atoms with Crippen molar-refractivity contribution < 1.29 is 23.8 Å². The average molecular weight is 488 g/mol. The summed E-state index contributed by atoms with van der Waals surface area (Å²) < 4.78 is 18.9. The number of alkyl carbamates (subject to hydrolysis) is 1. The van der Waals surface area contributed by atoms with Crippen LogP contribution in [0.1, 0.15) is 77.8 Å². The predicted octanol–water partition coefficient (Wildman–Crippen LogP) is 5.16. The Kier molecular flexibility index (Phi) is 8.70. The van der Waals surface area contributed by atoms with Crippen molar-refractivity contribution in [2.75, 3.05) is 26.2 Å². The standard InChI is InChI=1S/C27H41N3O5/c1-8-33-25(31)24-16-20-15-22(34-21-11-13-29(14-12-21)18(2)3)9-10-23(20)30(24)19(4)17-28-26(32)35-27(5,6)7/h9-10,15-16,18-19,21H,8,11-14,17H2,1-7H3,(H,28,32). The van der Waals surface area contributed by atoms with Crippen LogP contribution in [0.4, 0.5) is 4.79 Å². The van der Waals surface area contributed by atoms with Crippen LogP contribution >= 0.6 is 0 Å². The molecule has 2 aromatic rings. The fourth-order valence-electron chi connectivity index (χ4n) is 4.46. The molecule has 0 aliphatic carbocycles. The molecule has 1 N–H and O–H groups in total. The lowest BCUT2D eigenvalue weighted by Crippen LogP contribution is -2.41. The lowest BCUT2D eigenvalue weighted by molar-refractivity contribution is 0.0512. The van der Waals surface area contributed by atoms with Crippen molar-refractivity contribution in [2.24, 2.45) is 0 Å². The second kappa shape index (κ2) is 11.3. The molecule has 1 atom stereocenters. The van der Waals surface area contributed by atoms with Gasteiger partial charge in [0.05, 0.1) is 6.61 Å². The van der Waals surface area contributed by atoms with Gasteiger partial charge in [0.1, 0.15) is 23.1 Å². The van der Waals surface area contributed by atoms with E-state index in [1.807, 2.05) is 56.5 Å². The van der Waals surface area contributed by atoms with Crippen LogP contribution in [-0.4, -0.2) is 65.5 Å². The molecule has 1 fully saturated rings. The quantitative estimate of drug-likeness (QED) is 0.518. The number of esters is 1. The third-order valence-electron chi connectivity index (χ3n) is 6.19. The first kappa shape index (κ1) is 26.9. The molecular formula is C27H41N3O5. The van der Waals surface area contributed by atoms with Gasteiger partial charge < -0.3 is 29.0 Å². The Hall–Kier alpha value is -2.74. The van der Waals surface area contributed by atoms with Gasteiger partial charge in [-0.1, -0.05) is 0 Å². The van der Waals surface area contributed by atoms with Gasteiger partial charge in [0, 0.05) is 42.6 Å². The van der Waals surface area contributed by atoms with Gasteiger partial charge in [-0.25, -0.2) is 9.59 Å². The van der Waals surface area contributed by atoms with Crippen LogP contribution in [-0.2, 0) is 9.47 Å². The molecule has 1 saturated heterocycles. The van der Waals surface area contributed by atoms with Crippen molar-refractivity contribution in [2.45, 2.75) is 85.1 Å². The fraction of sp³-hybridized carbons (Fsp3) is 0.630. The summed E-state index contributed by atoms with van der Waals surface area (Å²) >= 11 is 0. The number of ether oxygens (including phenoxy) is 3. The summed E-state index contributed by atoms with van der Waals surface area (Å²) in [6.07, 6.45) is 1.70. The lowest BCUT2D eigenvalue weighted by Gasteiger charge is -2.34. The molecule has 8 heteroatoms. The van der Waals surface area contributed by atoms with Crippen molar-refractivity contribution in [3.8, 4) is 5.75 Å². The molecule has 1 aromatic heterocycles. The van der Waals surface area contributed by atoms with Gasteiger partial charge >= 0.3 is 12.1 Å². The predicted molar refractivity (Wildman–Crippen MR) is 137 cm³/mol. The molecule has 1 unspecified atom stereocenters. The van der Waals surface area contributed by atoms with Crippen LogP contribution < -0.4 is 10.1 Å². The van der Waals surface area contributed by atoms with Crippen molar-refractivity contribution in [1.82, 2.24) is 14.8 Å². The van der Waals surface area contributed by atoms with Crippen LogP contribution in [0.25, 0.3) is 10.9 Å². The monoisotopic (exact) mass is 487 g/mol. The van der Waals surface area contributed by atoms with E-state index in [0.29, 0.717) is 18.3 Å². The smallest absolute Gasteiger partial charge is 0.407 e. The molecule has 1 aliphatic rings. The highest BCUT2D eigenvalue weighted by atomic mass is 16.6. The molecule has 35 heavy (non-hydrogen) atoms. The fourth-order valence-corrected chi connectivity index (χ4v) is 4.46. The SMILES string of the molecule is CCOC(=O)c1cc2cc(OC3CCN(C(C)C)CC3)ccc2n1C(C)CNC(=O)OC(C)(C)C. The van der Waals surface area contributed by atoms with Crippen molar-refractivity contribution in [3.05, 3.63) is 30.0 Å². The first-order chi connectivity index (χ1) is 16.5. The highest BCUT2D eigenvalue weighted by Crippen LogP contribution is 2.30. The minimum absolute atomic E-state index is 0.186. The number of aromatic nitrogens is 1. The van der Waals surface area contributed by atoms with E-state index < -0.39 is 17.7 Å². The number of carbonyl (C=O) groups excluding carboxylic acids is 2.